The summed E-state index contributed by atoms with van der Waals surface area (Å²) in [5.41, 5.74) is 0. The van der Waals surface area contributed by atoms with Crippen LogP contribution in [0.15, 0.2) is 11.2 Å². The van der Waals surface area contributed by atoms with E-state index >= 15 is 0 Å². The molecule has 1 saturated heterocycles. The Kier molecular flexibility index (Phi) is 2.76. The Hall–Kier alpha value is -0.920. The van der Waals surface area contributed by atoms with Crippen molar-refractivity contribution in [2.45, 2.75) is 11.9 Å². The van der Waals surface area contributed by atoms with Crippen molar-refractivity contribution in [1.82, 2.24) is 14.3 Å². The molecular weight excluding hydrogens is 218 g/mol. The minimum Gasteiger partial charge on any atom is -0.379 e. The molecular formula is C8H13N3O3S. The van der Waals surface area contributed by atoms with Crippen LogP contribution in [0.5, 0.6) is 0 Å². The molecule has 0 aromatic carbocycles. The van der Waals surface area contributed by atoms with Crippen molar-refractivity contribution < 1.29 is 13.2 Å². The largest absolute Gasteiger partial charge is 0.379 e. The molecule has 1 aliphatic rings. The maximum Gasteiger partial charge on any atom is 0.260 e. The lowest BCUT2D eigenvalue weighted by Crippen LogP contribution is -2.40. The fraction of sp³-hybridized carbons (Fsp3) is 0.625. The first-order valence-electron chi connectivity index (χ1n) is 4.70. The molecule has 0 spiro atoms. The molecule has 1 aromatic heterocycles. The van der Waals surface area contributed by atoms with E-state index in [2.05, 4.69) is 9.97 Å². The molecule has 6 nitrogen and oxygen atoms in total. The van der Waals surface area contributed by atoms with Gasteiger partial charge in [0.1, 0.15) is 5.82 Å². The predicted molar refractivity (Wildman–Crippen MR) is 52.9 cm³/mol. The third-order valence-electron chi connectivity index (χ3n) is 2.27. The molecule has 0 saturated carbocycles. The molecule has 1 aliphatic heterocycles. The summed E-state index contributed by atoms with van der Waals surface area (Å²) >= 11 is 0. The number of aryl methyl sites for hydroxylation is 1. The van der Waals surface area contributed by atoms with E-state index in [0.717, 1.165) is 0 Å². The van der Waals surface area contributed by atoms with Crippen LogP contribution in [0.3, 0.4) is 0 Å². The molecule has 0 unspecified atom stereocenters. The molecule has 15 heavy (non-hydrogen) atoms. The summed E-state index contributed by atoms with van der Waals surface area (Å²) in [6.07, 6.45) is 1.35. The van der Waals surface area contributed by atoms with E-state index in [-0.39, 0.29) is 5.03 Å². The summed E-state index contributed by atoms with van der Waals surface area (Å²) in [4.78, 5) is 6.62. The maximum absolute atomic E-state index is 12.0. The van der Waals surface area contributed by atoms with Crippen LogP contribution in [0.4, 0.5) is 0 Å². The Morgan fingerprint density at radius 2 is 2.13 bits per heavy atom. The van der Waals surface area contributed by atoms with Gasteiger partial charge in [0.15, 0.2) is 5.03 Å². The first kappa shape index (κ1) is 10.6. The standard InChI is InChI=1S/C8H13N3O3S/c1-7-9-6-8(10-7)15(12,13)11-2-4-14-5-3-11/h6H,2-5H2,1H3,(H,9,10). The molecule has 0 radical (unpaired) electrons. The number of H-pyrrole nitrogens is 1. The smallest absolute Gasteiger partial charge is 0.260 e. The van der Waals surface area contributed by atoms with Crippen molar-refractivity contribution in [1.29, 1.82) is 0 Å². The number of ether oxygens (including phenoxy) is 1. The Balaban J connectivity index is 2.26. The second-order valence-electron chi connectivity index (χ2n) is 3.35. The molecule has 7 heteroatoms. The number of nitrogens with zero attached hydrogens (tertiary/aromatic N) is 2. The van der Waals surface area contributed by atoms with Crippen LogP contribution in [0.1, 0.15) is 5.82 Å². The minimum atomic E-state index is -3.41. The van der Waals surface area contributed by atoms with Crippen molar-refractivity contribution >= 4 is 10.0 Å². The third kappa shape index (κ3) is 2.04. The molecule has 1 N–H and O–H groups in total. The lowest BCUT2D eigenvalue weighted by Gasteiger charge is -2.25. The minimum absolute atomic E-state index is 0.155. The van der Waals surface area contributed by atoms with Gasteiger partial charge in [-0.2, -0.15) is 4.31 Å². The van der Waals surface area contributed by atoms with E-state index in [1.54, 1.807) is 6.92 Å². The van der Waals surface area contributed by atoms with Crippen molar-refractivity contribution in [2.24, 2.45) is 0 Å². The van der Waals surface area contributed by atoms with E-state index in [1.165, 1.54) is 10.5 Å². The number of hydrogen-bond acceptors (Lipinski definition) is 4. The number of aromatic nitrogens is 2. The number of hydrogen-bond donors (Lipinski definition) is 1. The quantitative estimate of drug-likeness (QED) is 0.761. The normalized spacial score (nSPS) is 19.3. The van der Waals surface area contributed by atoms with E-state index in [1.807, 2.05) is 0 Å². The number of imidazole rings is 1. The average molecular weight is 231 g/mol. The van der Waals surface area contributed by atoms with Gasteiger partial charge < -0.3 is 9.72 Å². The van der Waals surface area contributed by atoms with Crippen LogP contribution in [0, 0.1) is 6.92 Å². The monoisotopic (exact) mass is 231 g/mol. The topological polar surface area (TPSA) is 75.3 Å². The number of rotatable bonds is 2. The Morgan fingerprint density at radius 3 is 2.67 bits per heavy atom. The number of morpholine rings is 1. The average Bonchev–Trinajstić information content (AvgIpc) is 2.67. The highest BCUT2D eigenvalue weighted by molar-refractivity contribution is 7.89. The summed E-state index contributed by atoms with van der Waals surface area (Å²) < 4.78 is 30.5. The second kappa shape index (κ2) is 3.92. The molecule has 1 fully saturated rings. The third-order valence-corrected chi connectivity index (χ3v) is 4.08. The molecule has 84 valence electrons. The molecule has 2 rings (SSSR count). The van der Waals surface area contributed by atoms with Crippen molar-refractivity contribution in [2.75, 3.05) is 26.3 Å². The van der Waals surface area contributed by atoms with E-state index in [4.69, 9.17) is 4.74 Å². The second-order valence-corrected chi connectivity index (χ2v) is 5.26. The number of aromatic amines is 1. The van der Waals surface area contributed by atoms with Gasteiger partial charge in [-0.05, 0) is 6.92 Å². The molecule has 0 bridgehead atoms. The van der Waals surface area contributed by atoms with Gasteiger partial charge >= 0.3 is 0 Å². The van der Waals surface area contributed by atoms with Gasteiger partial charge in [0, 0.05) is 13.1 Å². The Bertz CT molecular complexity index is 434. The lowest BCUT2D eigenvalue weighted by molar-refractivity contribution is 0.0729. The highest BCUT2D eigenvalue weighted by Gasteiger charge is 2.27. The number of sulfonamides is 1. The highest BCUT2D eigenvalue weighted by atomic mass is 32.2. The predicted octanol–water partition coefficient (Wildman–Crippen LogP) is -0.261. The SMILES string of the molecule is Cc1ncc(S(=O)(=O)N2CCOCC2)[nH]1. The summed E-state index contributed by atoms with van der Waals surface area (Å²) in [7, 11) is -3.41. The molecule has 0 atom stereocenters. The Morgan fingerprint density at radius 1 is 1.47 bits per heavy atom. The van der Waals surface area contributed by atoms with E-state index in [0.29, 0.717) is 32.1 Å². The first-order valence-corrected chi connectivity index (χ1v) is 6.14. The summed E-state index contributed by atoms with van der Waals surface area (Å²) in [6, 6.07) is 0. The van der Waals surface area contributed by atoms with Gasteiger partial charge in [0.05, 0.1) is 19.4 Å². The van der Waals surface area contributed by atoms with Crippen LogP contribution in [0.2, 0.25) is 0 Å². The lowest BCUT2D eigenvalue weighted by atomic mass is 10.5. The van der Waals surface area contributed by atoms with Crippen LogP contribution >= 0.6 is 0 Å². The van der Waals surface area contributed by atoms with Crippen LogP contribution in [-0.2, 0) is 14.8 Å². The van der Waals surface area contributed by atoms with Crippen molar-refractivity contribution in [3.05, 3.63) is 12.0 Å². The summed E-state index contributed by atoms with van der Waals surface area (Å²) in [5, 5.41) is 0.155. The highest BCUT2D eigenvalue weighted by Crippen LogP contribution is 2.14. The van der Waals surface area contributed by atoms with Gasteiger partial charge in [-0.3, -0.25) is 0 Å². The maximum atomic E-state index is 12.0. The zero-order chi connectivity index (χ0) is 10.9. The van der Waals surface area contributed by atoms with Crippen molar-refractivity contribution in [3.8, 4) is 0 Å². The van der Waals surface area contributed by atoms with Gasteiger partial charge in [-0.1, -0.05) is 0 Å². The summed E-state index contributed by atoms with van der Waals surface area (Å²) in [5.74, 6) is 0.599. The molecule has 2 heterocycles. The van der Waals surface area contributed by atoms with E-state index < -0.39 is 10.0 Å². The fourth-order valence-electron chi connectivity index (χ4n) is 1.46. The van der Waals surface area contributed by atoms with E-state index in [9.17, 15) is 8.42 Å². The first-order chi connectivity index (χ1) is 7.10. The summed E-state index contributed by atoms with van der Waals surface area (Å²) in [6.45, 7) is 3.43. The molecule has 0 amide bonds. The number of nitrogens with one attached hydrogen (secondary N) is 1. The van der Waals surface area contributed by atoms with Crippen LogP contribution in [-0.4, -0.2) is 49.0 Å². The molecule has 0 aliphatic carbocycles. The van der Waals surface area contributed by atoms with Crippen LogP contribution in [0.25, 0.3) is 0 Å². The fourth-order valence-corrected chi connectivity index (χ4v) is 2.83. The Labute approximate surface area is 88.3 Å². The van der Waals surface area contributed by atoms with Gasteiger partial charge in [-0.15, -0.1) is 0 Å². The zero-order valence-corrected chi connectivity index (χ0v) is 9.25. The van der Waals surface area contributed by atoms with Gasteiger partial charge in [0.2, 0.25) is 0 Å². The zero-order valence-electron chi connectivity index (χ0n) is 8.43. The van der Waals surface area contributed by atoms with Crippen molar-refractivity contribution in [3.63, 3.8) is 0 Å². The van der Waals surface area contributed by atoms with Gasteiger partial charge in [0.25, 0.3) is 10.0 Å². The van der Waals surface area contributed by atoms with Crippen LogP contribution < -0.4 is 0 Å². The molecule has 1 aromatic rings. The van der Waals surface area contributed by atoms with Gasteiger partial charge in [-0.25, -0.2) is 13.4 Å².